The van der Waals surface area contributed by atoms with Crippen molar-refractivity contribution in [2.75, 3.05) is 0 Å². The van der Waals surface area contributed by atoms with Crippen molar-refractivity contribution in [1.82, 2.24) is 0 Å². The maximum atomic E-state index is 5.60. The van der Waals surface area contributed by atoms with Crippen LogP contribution in [0.5, 0.6) is 0 Å². The van der Waals surface area contributed by atoms with Gasteiger partial charge in [0.2, 0.25) is 0 Å². The first-order valence-corrected chi connectivity index (χ1v) is 4.03. The van der Waals surface area contributed by atoms with Crippen molar-refractivity contribution in [1.29, 1.82) is 0 Å². The first-order chi connectivity index (χ1) is 4.63. The summed E-state index contributed by atoms with van der Waals surface area (Å²) in [5.41, 5.74) is 0. The van der Waals surface area contributed by atoms with Gasteiger partial charge in [0.15, 0.2) is 0 Å². The van der Waals surface area contributed by atoms with E-state index in [2.05, 4.69) is 0 Å². The lowest BCUT2D eigenvalue weighted by Crippen LogP contribution is -1.67. The average molecular weight is 179 g/mol. The maximum Gasteiger partial charge on any atom is 0.0110 e. The van der Waals surface area contributed by atoms with Crippen LogP contribution in [0.25, 0.3) is 0 Å². The van der Waals surface area contributed by atoms with Gasteiger partial charge in [-0.05, 0) is 26.7 Å². The van der Waals surface area contributed by atoms with E-state index in [4.69, 9.17) is 23.2 Å². The van der Waals surface area contributed by atoms with E-state index in [1.165, 1.54) is 0 Å². The monoisotopic (exact) mass is 178 g/mol. The largest absolute Gasteiger partial charge is 0.0898 e. The highest BCUT2D eigenvalue weighted by atomic mass is 35.5. The number of allylic oxidation sites excluding steroid dienone is 4. The van der Waals surface area contributed by atoms with E-state index in [1.54, 1.807) is 0 Å². The lowest BCUT2D eigenvalue weighted by Gasteiger charge is -1.88. The first-order valence-electron chi connectivity index (χ1n) is 3.27. The van der Waals surface area contributed by atoms with Crippen molar-refractivity contribution in [3.8, 4) is 0 Å². The molecule has 0 spiro atoms. The third kappa shape index (κ3) is 8.06. The van der Waals surface area contributed by atoms with Crippen molar-refractivity contribution in [3.63, 3.8) is 0 Å². The van der Waals surface area contributed by atoms with Crippen LogP contribution in [0.15, 0.2) is 22.2 Å². The lowest BCUT2D eigenvalue weighted by atomic mass is 10.3. The minimum Gasteiger partial charge on any atom is -0.0898 e. The number of rotatable bonds is 3. The third-order valence-electron chi connectivity index (χ3n) is 1.02. The summed E-state index contributed by atoms with van der Waals surface area (Å²) in [5.74, 6) is 0. The van der Waals surface area contributed by atoms with E-state index in [0.717, 1.165) is 22.9 Å². The molecule has 2 heteroatoms. The van der Waals surface area contributed by atoms with Crippen molar-refractivity contribution in [2.45, 2.75) is 26.7 Å². The van der Waals surface area contributed by atoms with E-state index < -0.39 is 0 Å². The fourth-order valence-corrected chi connectivity index (χ4v) is 0.783. The molecule has 0 heterocycles. The van der Waals surface area contributed by atoms with Crippen LogP contribution in [0, 0.1) is 0 Å². The SMILES string of the molecule is CC(Cl)=CCCC=C(C)Cl. The van der Waals surface area contributed by atoms with Gasteiger partial charge in [0.05, 0.1) is 0 Å². The molecular formula is C8H12Cl2. The smallest absolute Gasteiger partial charge is 0.0110 e. The number of hydrogen-bond donors (Lipinski definition) is 0. The van der Waals surface area contributed by atoms with Crippen LogP contribution in [0.1, 0.15) is 26.7 Å². The van der Waals surface area contributed by atoms with Gasteiger partial charge < -0.3 is 0 Å². The van der Waals surface area contributed by atoms with Gasteiger partial charge in [0, 0.05) is 10.1 Å². The molecule has 0 aliphatic heterocycles. The molecule has 0 unspecified atom stereocenters. The Balaban J connectivity index is 3.39. The number of unbranched alkanes of at least 4 members (excludes halogenated alkanes) is 1. The van der Waals surface area contributed by atoms with Gasteiger partial charge in [-0.25, -0.2) is 0 Å². The zero-order valence-electron chi connectivity index (χ0n) is 6.32. The molecule has 0 aliphatic rings. The van der Waals surface area contributed by atoms with Gasteiger partial charge in [0.25, 0.3) is 0 Å². The molecule has 0 atom stereocenters. The normalized spacial score (nSPS) is 14.0. The molecule has 0 aliphatic carbocycles. The second kappa shape index (κ2) is 5.82. The first kappa shape index (κ1) is 10.1. The van der Waals surface area contributed by atoms with Crippen LogP contribution < -0.4 is 0 Å². The van der Waals surface area contributed by atoms with Gasteiger partial charge in [-0.15, -0.1) is 0 Å². The Morgan fingerprint density at radius 2 is 1.30 bits per heavy atom. The lowest BCUT2D eigenvalue weighted by molar-refractivity contribution is 1.04. The van der Waals surface area contributed by atoms with Crippen LogP contribution in [-0.4, -0.2) is 0 Å². The summed E-state index contributed by atoms with van der Waals surface area (Å²) < 4.78 is 0. The summed E-state index contributed by atoms with van der Waals surface area (Å²) in [7, 11) is 0. The molecule has 10 heavy (non-hydrogen) atoms. The van der Waals surface area contributed by atoms with Crippen molar-refractivity contribution < 1.29 is 0 Å². The Morgan fingerprint density at radius 3 is 1.50 bits per heavy atom. The van der Waals surface area contributed by atoms with Crippen molar-refractivity contribution >= 4 is 23.2 Å². The summed E-state index contributed by atoms with van der Waals surface area (Å²) >= 11 is 11.2. The highest BCUT2D eigenvalue weighted by molar-refractivity contribution is 6.29. The summed E-state index contributed by atoms with van der Waals surface area (Å²) in [4.78, 5) is 0. The summed E-state index contributed by atoms with van der Waals surface area (Å²) in [6, 6.07) is 0. The third-order valence-corrected chi connectivity index (χ3v) is 1.33. The van der Waals surface area contributed by atoms with Gasteiger partial charge in [-0.3, -0.25) is 0 Å². The fraction of sp³-hybridized carbons (Fsp3) is 0.500. The minimum atomic E-state index is 0.848. The zero-order chi connectivity index (χ0) is 7.98. The summed E-state index contributed by atoms with van der Waals surface area (Å²) in [6.07, 6.45) is 5.91. The Bertz CT molecular complexity index is 119. The average Bonchev–Trinajstić information content (AvgIpc) is 1.79. The molecule has 0 nitrogen and oxygen atoms in total. The fourth-order valence-electron chi connectivity index (χ4n) is 0.564. The number of halogens is 2. The molecule has 0 amide bonds. The molecule has 58 valence electrons. The van der Waals surface area contributed by atoms with Crippen LogP contribution in [0.3, 0.4) is 0 Å². The molecule has 0 rings (SSSR count). The molecule has 0 saturated carbocycles. The van der Waals surface area contributed by atoms with E-state index >= 15 is 0 Å². The Hall–Kier alpha value is 0.0600. The molecule has 0 radical (unpaired) electrons. The van der Waals surface area contributed by atoms with E-state index in [1.807, 2.05) is 26.0 Å². The summed E-state index contributed by atoms with van der Waals surface area (Å²) in [6.45, 7) is 3.75. The maximum absolute atomic E-state index is 5.60. The second-order valence-electron chi connectivity index (χ2n) is 2.16. The minimum absolute atomic E-state index is 0.848. The highest BCUT2D eigenvalue weighted by Crippen LogP contribution is 2.06. The topological polar surface area (TPSA) is 0 Å². The molecular weight excluding hydrogens is 167 g/mol. The van der Waals surface area contributed by atoms with Gasteiger partial charge >= 0.3 is 0 Å². The number of hydrogen-bond acceptors (Lipinski definition) is 0. The summed E-state index contributed by atoms with van der Waals surface area (Å²) in [5, 5.41) is 1.70. The van der Waals surface area contributed by atoms with Gasteiger partial charge in [0.1, 0.15) is 0 Å². The van der Waals surface area contributed by atoms with Crippen molar-refractivity contribution in [3.05, 3.63) is 22.2 Å². The quantitative estimate of drug-likeness (QED) is 0.573. The van der Waals surface area contributed by atoms with E-state index in [-0.39, 0.29) is 0 Å². The molecule has 0 fully saturated rings. The van der Waals surface area contributed by atoms with E-state index in [9.17, 15) is 0 Å². The molecule has 0 saturated heterocycles. The Morgan fingerprint density at radius 1 is 1.00 bits per heavy atom. The molecule has 0 aromatic rings. The molecule has 0 N–H and O–H groups in total. The zero-order valence-corrected chi connectivity index (χ0v) is 7.84. The van der Waals surface area contributed by atoms with Gasteiger partial charge in [-0.2, -0.15) is 0 Å². The van der Waals surface area contributed by atoms with Crippen LogP contribution in [0.2, 0.25) is 0 Å². The molecule has 0 aromatic heterocycles. The Labute approximate surface area is 72.5 Å². The molecule has 0 bridgehead atoms. The predicted octanol–water partition coefficient (Wildman–Crippen LogP) is 4.05. The second-order valence-corrected chi connectivity index (χ2v) is 3.35. The van der Waals surface area contributed by atoms with Crippen LogP contribution in [0.4, 0.5) is 0 Å². The highest BCUT2D eigenvalue weighted by Gasteiger charge is 1.82. The molecule has 0 aromatic carbocycles. The Kier molecular flexibility index (Phi) is 5.85. The van der Waals surface area contributed by atoms with E-state index in [0.29, 0.717) is 0 Å². The van der Waals surface area contributed by atoms with Crippen molar-refractivity contribution in [2.24, 2.45) is 0 Å². The standard InChI is InChI=1S/C8H12Cl2/c1-7(9)5-3-4-6-8(2)10/h5-6H,3-4H2,1-2H3. The van der Waals surface area contributed by atoms with Crippen LogP contribution >= 0.6 is 23.2 Å². The van der Waals surface area contributed by atoms with Crippen LogP contribution in [-0.2, 0) is 0 Å². The van der Waals surface area contributed by atoms with Gasteiger partial charge in [-0.1, -0.05) is 35.4 Å². The predicted molar refractivity (Wildman–Crippen MR) is 48.5 cm³/mol.